The quantitative estimate of drug-likeness (QED) is 0.349. The van der Waals surface area contributed by atoms with Gasteiger partial charge in [-0.25, -0.2) is 4.98 Å². The summed E-state index contributed by atoms with van der Waals surface area (Å²) in [5, 5.41) is 1.02. The van der Waals surface area contributed by atoms with Crippen LogP contribution in [0.5, 0.6) is 0 Å². The standard InChI is InChI=1S/C25H31N3S.3ClH/c1-17-9-11-19(12-10-17)24-20(15-26)22(14-25(3,4)5)28-18(2)21(24)16-29-23-8-6-7-13-27-23;;;/h6-13H,14-16,26H2,1-5H3;3*1H. The second kappa shape index (κ2) is 13.4. The first kappa shape index (κ1) is 30.7. The molecule has 0 bridgehead atoms. The lowest BCUT2D eigenvalue weighted by molar-refractivity contribution is 0.404. The maximum absolute atomic E-state index is 6.30. The average molecular weight is 515 g/mol. The van der Waals surface area contributed by atoms with E-state index in [2.05, 4.69) is 69.9 Å². The van der Waals surface area contributed by atoms with Crippen LogP contribution in [0.15, 0.2) is 53.7 Å². The topological polar surface area (TPSA) is 51.8 Å². The van der Waals surface area contributed by atoms with Gasteiger partial charge in [-0.1, -0.05) is 56.7 Å². The van der Waals surface area contributed by atoms with E-state index in [1.165, 1.54) is 27.8 Å². The van der Waals surface area contributed by atoms with Crippen LogP contribution in [0.25, 0.3) is 11.1 Å². The molecule has 3 nitrogen and oxygen atoms in total. The van der Waals surface area contributed by atoms with Crippen molar-refractivity contribution in [2.45, 2.75) is 58.4 Å². The molecule has 0 radical (unpaired) electrons. The van der Waals surface area contributed by atoms with E-state index in [1.54, 1.807) is 11.8 Å². The molecule has 3 rings (SSSR count). The number of pyridine rings is 2. The van der Waals surface area contributed by atoms with Crippen LogP contribution in [-0.4, -0.2) is 9.97 Å². The summed E-state index contributed by atoms with van der Waals surface area (Å²) >= 11 is 1.75. The van der Waals surface area contributed by atoms with Gasteiger partial charge < -0.3 is 5.73 Å². The van der Waals surface area contributed by atoms with Crippen molar-refractivity contribution in [2.24, 2.45) is 11.1 Å². The van der Waals surface area contributed by atoms with Gasteiger partial charge in [-0.3, -0.25) is 4.98 Å². The van der Waals surface area contributed by atoms with Crippen LogP contribution < -0.4 is 5.73 Å². The summed E-state index contributed by atoms with van der Waals surface area (Å²) in [6, 6.07) is 14.8. The lowest BCUT2D eigenvalue weighted by Crippen LogP contribution is -2.17. The van der Waals surface area contributed by atoms with Crippen LogP contribution in [-0.2, 0) is 18.7 Å². The van der Waals surface area contributed by atoms with E-state index < -0.39 is 0 Å². The highest BCUT2D eigenvalue weighted by Crippen LogP contribution is 2.36. The number of halogens is 3. The number of benzene rings is 1. The summed E-state index contributed by atoms with van der Waals surface area (Å²) in [5.41, 5.74) is 14.8. The molecule has 0 atom stereocenters. The summed E-state index contributed by atoms with van der Waals surface area (Å²) < 4.78 is 0. The number of hydrogen-bond donors (Lipinski definition) is 1. The van der Waals surface area contributed by atoms with Gasteiger partial charge in [0.2, 0.25) is 0 Å². The molecule has 0 saturated heterocycles. The van der Waals surface area contributed by atoms with E-state index in [9.17, 15) is 0 Å². The predicted molar refractivity (Wildman–Crippen MR) is 146 cm³/mol. The molecule has 0 unspecified atom stereocenters. The van der Waals surface area contributed by atoms with E-state index in [0.717, 1.165) is 28.6 Å². The Kier molecular flexibility index (Phi) is 12.9. The fourth-order valence-corrected chi connectivity index (χ4v) is 4.49. The Bertz CT molecular complexity index is 972. The third-order valence-electron chi connectivity index (χ3n) is 4.94. The number of hydrogen-bond acceptors (Lipinski definition) is 4. The molecule has 0 spiro atoms. The van der Waals surface area contributed by atoms with Gasteiger partial charge in [0.15, 0.2) is 0 Å². The number of nitrogens with zero attached hydrogens (tertiary/aromatic N) is 2. The van der Waals surface area contributed by atoms with Gasteiger partial charge in [-0.05, 0) is 60.1 Å². The van der Waals surface area contributed by atoms with Crippen LogP contribution >= 0.6 is 49.0 Å². The van der Waals surface area contributed by atoms with Crippen molar-refractivity contribution in [3.63, 3.8) is 0 Å². The maximum atomic E-state index is 6.30. The monoisotopic (exact) mass is 513 g/mol. The number of aromatic nitrogens is 2. The van der Waals surface area contributed by atoms with Gasteiger partial charge in [0.05, 0.1) is 5.03 Å². The highest BCUT2D eigenvalue weighted by atomic mass is 35.5. The van der Waals surface area contributed by atoms with Crippen LogP contribution in [0.4, 0.5) is 0 Å². The molecular formula is C25H34Cl3N3S. The minimum absolute atomic E-state index is 0. The molecule has 2 aromatic heterocycles. The van der Waals surface area contributed by atoms with Crippen LogP contribution in [0.3, 0.4) is 0 Å². The smallest absolute Gasteiger partial charge is 0.0963 e. The zero-order valence-electron chi connectivity index (χ0n) is 19.3. The third kappa shape index (κ3) is 7.93. The Hall–Kier alpha value is -1.30. The molecule has 1 aromatic carbocycles. The van der Waals surface area contributed by atoms with E-state index >= 15 is 0 Å². The molecule has 176 valence electrons. The Balaban J connectivity index is 0.00000320. The maximum Gasteiger partial charge on any atom is 0.0963 e. The molecule has 0 aliphatic rings. The predicted octanol–water partition coefficient (Wildman–Crippen LogP) is 7.37. The highest BCUT2D eigenvalue weighted by molar-refractivity contribution is 7.98. The molecular weight excluding hydrogens is 481 g/mol. The van der Waals surface area contributed by atoms with E-state index in [0.29, 0.717) is 6.54 Å². The SMILES string of the molecule is Cc1ccc(-c2c(CSc3ccccn3)c(C)nc(CC(C)(C)C)c2CN)cc1.Cl.Cl.Cl. The molecule has 32 heavy (non-hydrogen) atoms. The van der Waals surface area contributed by atoms with E-state index in [4.69, 9.17) is 10.7 Å². The number of aryl methyl sites for hydroxylation is 2. The van der Waals surface area contributed by atoms with Gasteiger partial charge in [-0.15, -0.1) is 49.0 Å². The number of rotatable bonds is 6. The molecule has 2 heterocycles. The summed E-state index contributed by atoms with van der Waals surface area (Å²) in [6.45, 7) is 11.5. The zero-order valence-corrected chi connectivity index (χ0v) is 22.6. The fraction of sp³-hybridized carbons (Fsp3) is 0.360. The van der Waals surface area contributed by atoms with Crippen LogP contribution in [0.2, 0.25) is 0 Å². The first-order valence-corrected chi connectivity index (χ1v) is 11.1. The van der Waals surface area contributed by atoms with Gasteiger partial charge in [0.25, 0.3) is 0 Å². The molecule has 0 aliphatic carbocycles. The average Bonchev–Trinajstić information content (AvgIpc) is 2.67. The van der Waals surface area contributed by atoms with Crippen molar-refractivity contribution in [3.05, 3.63) is 76.7 Å². The second-order valence-corrected chi connectivity index (χ2v) is 9.74. The van der Waals surface area contributed by atoms with Crippen LogP contribution in [0, 0.1) is 19.3 Å². The molecule has 3 aromatic rings. The fourth-order valence-electron chi connectivity index (χ4n) is 3.54. The lowest BCUT2D eigenvalue weighted by atomic mass is 9.85. The molecule has 7 heteroatoms. The first-order valence-electron chi connectivity index (χ1n) is 10.1. The van der Waals surface area contributed by atoms with Crippen molar-refractivity contribution in [3.8, 4) is 11.1 Å². The van der Waals surface area contributed by atoms with Crippen molar-refractivity contribution >= 4 is 49.0 Å². The number of thioether (sulfide) groups is 1. The van der Waals surface area contributed by atoms with E-state index in [1.807, 2.05) is 18.3 Å². The Morgan fingerprint density at radius 2 is 1.56 bits per heavy atom. The van der Waals surface area contributed by atoms with Gasteiger partial charge >= 0.3 is 0 Å². The molecule has 0 amide bonds. The van der Waals surface area contributed by atoms with Crippen molar-refractivity contribution < 1.29 is 0 Å². The molecule has 0 aliphatic heterocycles. The Morgan fingerprint density at radius 3 is 2.09 bits per heavy atom. The zero-order chi connectivity index (χ0) is 21.0. The number of nitrogens with two attached hydrogens (primary N) is 1. The van der Waals surface area contributed by atoms with Crippen molar-refractivity contribution in [1.82, 2.24) is 9.97 Å². The summed E-state index contributed by atoms with van der Waals surface area (Å²) in [7, 11) is 0. The minimum Gasteiger partial charge on any atom is -0.326 e. The molecule has 0 fully saturated rings. The van der Waals surface area contributed by atoms with Crippen molar-refractivity contribution in [2.75, 3.05) is 0 Å². The molecule has 0 saturated carbocycles. The minimum atomic E-state index is 0. The van der Waals surface area contributed by atoms with Gasteiger partial charge in [0, 0.05) is 29.9 Å². The van der Waals surface area contributed by atoms with E-state index in [-0.39, 0.29) is 42.6 Å². The summed E-state index contributed by atoms with van der Waals surface area (Å²) in [6.07, 6.45) is 2.75. The second-order valence-electron chi connectivity index (χ2n) is 8.74. The van der Waals surface area contributed by atoms with Crippen molar-refractivity contribution in [1.29, 1.82) is 0 Å². The van der Waals surface area contributed by atoms with Gasteiger partial charge in [0.1, 0.15) is 0 Å². The largest absolute Gasteiger partial charge is 0.326 e. The lowest BCUT2D eigenvalue weighted by Gasteiger charge is -2.24. The summed E-state index contributed by atoms with van der Waals surface area (Å²) in [5.74, 6) is 0.821. The third-order valence-corrected chi connectivity index (χ3v) is 5.91. The highest BCUT2D eigenvalue weighted by Gasteiger charge is 2.22. The normalized spacial score (nSPS) is 10.6. The summed E-state index contributed by atoms with van der Waals surface area (Å²) in [4.78, 5) is 9.50. The Morgan fingerprint density at radius 1 is 0.906 bits per heavy atom. The molecule has 2 N–H and O–H groups in total. The van der Waals surface area contributed by atoms with Gasteiger partial charge in [-0.2, -0.15) is 0 Å². The first-order chi connectivity index (χ1) is 13.8. The van der Waals surface area contributed by atoms with Crippen LogP contribution in [0.1, 0.15) is 48.8 Å². The Labute approximate surface area is 215 Å².